The van der Waals surface area contributed by atoms with Gasteiger partial charge in [-0.25, -0.2) is 4.79 Å². The van der Waals surface area contributed by atoms with Gasteiger partial charge in [-0.15, -0.1) is 0 Å². The van der Waals surface area contributed by atoms with E-state index in [1.807, 2.05) is 42.5 Å². The molecule has 3 rings (SSSR count). The Hall–Kier alpha value is -2.63. The minimum absolute atomic E-state index is 0.391. The average Bonchev–Trinajstić information content (AvgIpc) is 2.61. The van der Waals surface area contributed by atoms with Gasteiger partial charge in [0.2, 0.25) is 0 Å². The number of aliphatic hydroxyl groups excluding tert-OH is 1. The van der Waals surface area contributed by atoms with Gasteiger partial charge in [0, 0.05) is 30.6 Å². The van der Waals surface area contributed by atoms with E-state index in [-0.39, 0.29) is 0 Å². The molecule has 0 spiro atoms. The van der Waals surface area contributed by atoms with Crippen LogP contribution in [0, 0.1) is 0 Å². The summed E-state index contributed by atoms with van der Waals surface area (Å²) in [6.07, 6.45) is -0.599. The van der Waals surface area contributed by atoms with Gasteiger partial charge in [0.25, 0.3) is 0 Å². The van der Waals surface area contributed by atoms with Gasteiger partial charge in [-0.3, -0.25) is 0 Å². The lowest BCUT2D eigenvalue weighted by Gasteiger charge is -2.13. The highest BCUT2D eigenvalue weighted by Gasteiger charge is 2.09. The smallest absolute Gasteiger partial charge is 0.336 e. The molecule has 1 atom stereocenters. The lowest BCUT2D eigenvalue weighted by Crippen LogP contribution is -2.21. The van der Waals surface area contributed by atoms with Crippen LogP contribution >= 0.6 is 0 Å². The Bertz CT molecular complexity index is 873. The standard InChI is InChI=1S/C19H19NO4/c1-23-15-7-8-16-14(9-19(22)24-18(16)10-15)11-20-12-17(21)13-5-3-2-4-6-13/h2-10,17,20-21H,11-12H2,1H3/t17-/m0/s1. The molecule has 2 N–H and O–H groups in total. The number of aliphatic hydroxyl groups is 1. The van der Waals surface area contributed by atoms with Crippen LogP contribution < -0.4 is 15.7 Å². The van der Waals surface area contributed by atoms with Crippen molar-refractivity contribution in [3.63, 3.8) is 0 Å². The summed E-state index contributed by atoms with van der Waals surface area (Å²) in [5.74, 6) is 0.634. The van der Waals surface area contributed by atoms with E-state index in [9.17, 15) is 9.90 Å². The second kappa shape index (κ2) is 7.29. The van der Waals surface area contributed by atoms with Gasteiger partial charge in [-0.2, -0.15) is 0 Å². The maximum absolute atomic E-state index is 11.7. The first kappa shape index (κ1) is 16.2. The van der Waals surface area contributed by atoms with Crippen molar-refractivity contribution < 1.29 is 14.3 Å². The van der Waals surface area contributed by atoms with Crippen LogP contribution in [0.25, 0.3) is 11.0 Å². The first-order chi connectivity index (χ1) is 11.7. The van der Waals surface area contributed by atoms with Crippen LogP contribution in [-0.2, 0) is 6.54 Å². The van der Waals surface area contributed by atoms with Crippen LogP contribution in [0.1, 0.15) is 17.2 Å². The van der Waals surface area contributed by atoms with Crippen LogP contribution in [0.3, 0.4) is 0 Å². The van der Waals surface area contributed by atoms with E-state index in [0.717, 1.165) is 16.5 Å². The molecule has 3 aromatic rings. The van der Waals surface area contributed by atoms with Crippen molar-refractivity contribution in [2.45, 2.75) is 12.6 Å². The van der Waals surface area contributed by atoms with E-state index in [2.05, 4.69) is 5.32 Å². The number of benzene rings is 2. The van der Waals surface area contributed by atoms with Gasteiger partial charge >= 0.3 is 5.63 Å². The summed E-state index contributed by atoms with van der Waals surface area (Å²) in [5, 5.41) is 14.2. The summed E-state index contributed by atoms with van der Waals surface area (Å²) in [6.45, 7) is 0.847. The molecule has 2 aromatic carbocycles. The molecule has 0 unspecified atom stereocenters. The molecule has 0 aliphatic heterocycles. The SMILES string of the molecule is COc1ccc2c(CNC[C@H](O)c3ccccc3)cc(=O)oc2c1. The Morgan fingerprint density at radius 3 is 2.71 bits per heavy atom. The lowest BCUT2D eigenvalue weighted by molar-refractivity contribution is 0.174. The van der Waals surface area contributed by atoms with Crippen molar-refractivity contribution in [2.75, 3.05) is 13.7 Å². The summed E-state index contributed by atoms with van der Waals surface area (Å²) in [4.78, 5) is 11.7. The second-order valence-corrected chi connectivity index (χ2v) is 5.51. The van der Waals surface area contributed by atoms with Crippen molar-refractivity contribution >= 4 is 11.0 Å². The number of hydrogen-bond donors (Lipinski definition) is 2. The van der Waals surface area contributed by atoms with Gasteiger partial charge in [0.05, 0.1) is 13.2 Å². The molecule has 0 aliphatic carbocycles. The second-order valence-electron chi connectivity index (χ2n) is 5.51. The molecule has 0 saturated heterocycles. The van der Waals surface area contributed by atoms with E-state index in [1.165, 1.54) is 6.07 Å². The van der Waals surface area contributed by atoms with Crippen molar-refractivity contribution in [1.82, 2.24) is 5.32 Å². The van der Waals surface area contributed by atoms with E-state index in [0.29, 0.717) is 24.4 Å². The van der Waals surface area contributed by atoms with Crippen molar-refractivity contribution in [2.24, 2.45) is 0 Å². The van der Waals surface area contributed by atoms with Gasteiger partial charge in [0.15, 0.2) is 0 Å². The third-order valence-electron chi connectivity index (χ3n) is 3.87. The monoisotopic (exact) mass is 325 g/mol. The number of fused-ring (bicyclic) bond motifs is 1. The predicted octanol–water partition coefficient (Wildman–Crippen LogP) is 2.62. The molecule has 5 heteroatoms. The van der Waals surface area contributed by atoms with Crippen molar-refractivity contribution in [3.05, 3.63) is 76.1 Å². The van der Waals surface area contributed by atoms with Crippen LogP contribution in [-0.4, -0.2) is 18.8 Å². The maximum Gasteiger partial charge on any atom is 0.336 e. The van der Waals surface area contributed by atoms with Gasteiger partial charge in [-0.05, 0) is 23.3 Å². The minimum Gasteiger partial charge on any atom is -0.497 e. The van der Waals surface area contributed by atoms with Gasteiger partial charge < -0.3 is 19.6 Å². The van der Waals surface area contributed by atoms with Gasteiger partial charge in [-0.1, -0.05) is 30.3 Å². The third-order valence-corrected chi connectivity index (χ3v) is 3.87. The summed E-state index contributed by atoms with van der Waals surface area (Å²) in [6, 6.07) is 16.3. The summed E-state index contributed by atoms with van der Waals surface area (Å²) in [7, 11) is 1.57. The fourth-order valence-corrected chi connectivity index (χ4v) is 2.62. The highest BCUT2D eigenvalue weighted by Crippen LogP contribution is 2.22. The fourth-order valence-electron chi connectivity index (χ4n) is 2.62. The van der Waals surface area contributed by atoms with Crippen LogP contribution in [0.15, 0.2) is 63.8 Å². The summed E-state index contributed by atoms with van der Waals surface area (Å²) >= 11 is 0. The Morgan fingerprint density at radius 1 is 1.17 bits per heavy atom. The molecule has 24 heavy (non-hydrogen) atoms. The third kappa shape index (κ3) is 3.64. The number of ether oxygens (including phenoxy) is 1. The number of hydrogen-bond acceptors (Lipinski definition) is 5. The molecule has 0 radical (unpaired) electrons. The number of nitrogens with one attached hydrogen (secondary N) is 1. The molecular weight excluding hydrogens is 306 g/mol. The zero-order valence-corrected chi connectivity index (χ0v) is 13.4. The predicted molar refractivity (Wildman–Crippen MR) is 92.1 cm³/mol. The molecule has 0 amide bonds. The van der Waals surface area contributed by atoms with Crippen molar-refractivity contribution in [3.8, 4) is 5.75 Å². The largest absolute Gasteiger partial charge is 0.497 e. The van der Waals surface area contributed by atoms with E-state index < -0.39 is 11.7 Å². The molecule has 124 valence electrons. The zero-order chi connectivity index (χ0) is 16.9. The zero-order valence-electron chi connectivity index (χ0n) is 13.4. The van der Waals surface area contributed by atoms with Crippen LogP contribution in [0.2, 0.25) is 0 Å². The Kier molecular flexibility index (Phi) is 4.93. The normalized spacial score (nSPS) is 12.2. The topological polar surface area (TPSA) is 71.7 Å². The number of methoxy groups -OCH3 is 1. The molecule has 0 fully saturated rings. The Balaban J connectivity index is 1.74. The fraction of sp³-hybridized carbons (Fsp3) is 0.211. The number of rotatable bonds is 6. The average molecular weight is 325 g/mol. The minimum atomic E-state index is -0.599. The van der Waals surface area contributed by atoms with Gasteiger partial charge in [0.1, 0.15) is 11.3 Å². The Labute approximate surface area is 139 Å². The first-order valence-electron chi connectivity index (χ1n) is 7.72. The summed E-state index contributed by atoms with van der Waals surface area (Å²) < 4.78 is 10.4. The molecule has 1 heterocycles. The van der Waals surface area contributed by atoms with Crippen molar-refractivity contribution in [1.29, 1.82) is 0 Å². The van der Waals surface area contributed by atoms with E-state index in [4.69, 9.17) is 9.15 Å². The Morgan fingerprint density at radius 2 is 1.96 bits per heavy atom. The highest BCUT2D eigenvalue weighted by atomic mass is 16.5. The van der Waals surface area contributed by atoms with E-state index >= 15 is 0 Å². The molecule has 5 nitrogen and oxygen atoms in total. The van der Waals surface area contributed by atoms with E-state index in [1.54, 1.807) is 13.2 Å². The maximum atomic E-state index is 11.7. The molecule has 0 bridgehead atoms. The van der Waals surface area contributed by atoms with Crippen LogP contribution in [0.4, 0.5) is 0 Å². The first-order valence-corrected chi connectivity index (χ1v) is 7.72. The molecule has 0 saturated carbocycles. The quantitative estimate of drug-likeness (QED) is 0.682. The lowest BCUT2D eigenvalue weighted by atomic mass is 10.1. The summed E-state index contributed by atoms with van der Waals surface area (Å²) in [5.41, 5.74) is 1.76. The molecular formula is C19H19NO4. The molecule has 1 aromatic heterocycles. The molecule has 0 aliphatic rings. The highest BCUT2D eigenvalue weighted by molar-refractivity contribution is 5.81. The van der Waals surface area contributed by atoms with Crippen LogP contribution in [0.5, 0.6) is 5.75 Å².